The van der Waals surface area contributed by atoms with E-state index < -0.39 is 4.92 Å². The molecule has 0 unspecified atom stereocenters. The summed E-state index contributed by atoms with van der Waals surface area (Å²) >= 11 is 1.28. The maximum atomic E-state index is 11.7. The molecule has 0 fully saturated rings. The monoisotopic (exact) mass is 333 g/mol. The number of furan rings is 1. The molecule has 2 aromatic rings. The first-order valence-corrected chi connectivity index (χ1v) is 7.70. The molecule has 0 saturated heterocycles. The normalized spacial score (nSPS) is 10.9. The predicted octanol–water partition coefficient (Wildman–Crippen LogP) is 3.05. The summed E-state index contributed by atoms with van der Waals surface area (Å²) in [6, 6.07) is 7.86. The number of rotatable bonds is 6. The van der Waals surface area contributed by atoms with Gasteiger partial charge in [0.25, 0.3) is 5.69 Å². The average Bonchev–Trinajstić information content (AvgIpc) is 2.83. The largest absolute Gasteiger partial charge is 0.466 e. The van der Waals surface area contributed by atoms with E-state index in [1.807, 2.05) is 19.9 Å². The fourth-order valence-electron chi connectivity index (χ4n) is 1.80. The number of nitrogens with one attached hydrogen (secondary N) is 1. The number of nitro benzene ring substituents is 1. The smallest absolute Gasteiger partial charge is 0.269 e. The number of hydrazone groups is 1. The van der Waals surface area contributed by atoms with Gasteiger partial charge in [0, 0.05) is 22.6 Å². The van der Waals surface area contributed by atoms with Crippen LogP contribution in [0.2, 0.25) is 0 Å². The summed E-state index contributed by atoms with van der Waals surface area (Å²) in [6.45, 7) is 3.66. The van der Waals surface area contributed by atoms with E-state index in [9.17, 15) is 14.9 Å². The Kier molecular flexibility index (Phi) is 5.53. The van der Waals surface area contributed by atoms with Gasteiger partial charge in [0.1, 0.15) is 11.5 Å². The van der Waals surface area contributed by atoms with Gasteiger partial charge in [0.05, 0.1) is 16.9 Å². The fraction of sp³-hybridized carbons (Fsp3) is 0.200. The molecule has 8 heteroatoms. The number of hydrogen-bond donors (Lipinski definition) is 1. The Morgan fingerprint density at radius 1 is 1.39 bits per heavy atom. The number of carbonyl (C=O) groups excluding carboxylic acids is 1. The zero-order valence-corrected chi connectivity index (χ0v) is 13.4. The van der Waals surface area contributed by atoms with E-state index >= 15 is 0 Å². The van der Waals surface area contributed by atoms with Crippen LogP contribution in [0.3, 0.4) is 0 Å². The van der Waals surface area contributed by atoms with Crippen molar-refractivity contribution in [2.45, 2.75) is 18.7 Å². The SMILES string of the molecule is Cc1cc(/C=N/NC(=O)CSc2ccc([N+](=O)[O-])cc2)c(C)o1. The van der Waals surface area contributed by atoms with E-state index in [0.29, 0.717) is 0 Å². The van der Waals surface area contributed by atoms with Gasteiger partial charge in [-0.05, 0) is 32.0 Å². The minimum Gasteiger partial charge on any atom is -0.466 e. The van der Waals surface area contributed by atoms with E-state index in [4.69, 9.17) is 4.42 Å². The Morgan fingerprint density at radius 2 is 2.09 bits per heavy atom. The molecule has 23 heavy (non-hydrogen) atoms. The van der Waals surface area contributed by atoms with Crippen molar-refractivity contribution in [3.05, 3.63) is 57.5 Å². The zero-order chi connectivity index (χ0) is 16.8. The van der Waals surface area contributed by atoms with E-state index in [0.717, 1.165) is 22.0 Å². The molecule has 2 rings (SSSR count). The lowest BCUT2D eigenvalue weighted by molar-refractivity contribution is -0.384. The summed E-state index contributed by atoms with van der Waals surface area (Å²) in [5.41, 5.74) is 3.26. The van der Waals surface area contributed by atoms with Crippen LogP contribution in [0.5, 0.6) is 0 Å². The molecule has 0 bridgehead atoms. The summed E-state index contributed by atoms with van der Waals surface area (Å²) in [7, 11) is 0. The second-order valence-corrected chi connectivity index (χ2v) is 5.75. The number of thioether (sulfide) groups is 1. The Hall–Kier alpha value is -2.61. The van der Waals surface area contributed by atoms with Gasteiger partial charge in [-0.15, -0.1) is 11.8 Å². The Morgan fingerprint density at radius 3 is 2.65 bits per heavy atom. The number of carbonyl (C=O) groups is 1. The molecular weight excluding hydrogens is 318 g/mol. The van der Waals surface area contributed by atoms with E-state index in [-0.39, 0.29) is 17.3 Å². The van der Waals surface area contributed by atoms with Gasteiger partial charge in [0.2, 0.25) is 5.91 Å². The van der Waals surface area contributed by atoms with E-state index in [1.165, 1.54) is 30.1 Å². The summed E-state index contributed by atoms with van der Waals surface area (Å²) in [6.07, 6.45) is 1.53. The highest BCUT2D eigenvalue weighted by molar-refractivity contribution is 8.00. The number of nitrogens with zero attached hydrogens (tertiary/aromatic N) is 2. The van der Waals surface area contributed by atoms with Crippen molar-refractivity contribution in [3.8, 4) is 0 Å². The lowest BCUT2D eigenvalue weighted by atomic mass is 10.3. The molecular formula is C15H15N3O4S. The standard InChI is InChI=1S/C15H15N3O4S/c1-10-7-12(11(2)22-10)8-16-17-15(19)9-23-14-5-3-13(4-6-14)18(20)21/h3-8H,9H2,1-2H3,(H,17,19)/b16-8+. The second-order valence-electron chi connectivity index (χ2n) is 4.70. The predicted molar refractivity (Wildman–Crippen MR) is 87.7 cm³/mol. The highest BCUT2D eigenvalue weighted by Gasteiger charge is 2.06. The van der Waals surface area contributed by atoms with Crippen LogP contribution in [0.1, 0.15) is 17.1 Å². The highest BCUT2D eigenvalue weighted by atomic mass is 32.2. The third kappa shape index (κ3) is 4.96. The highest BCUT2D eigenvalue weighted by Crippen LogP contribution is 2.21. The quantitative estimate of drug-likeness (QED) is 0.379. The van der Waals surface area contributed by atoms with E-state index in [2.05, 4.69) is 10.5 Å². The molecule has 0 aliphatic rings. The maximum Gasteiger partial charge on any atom is 0.269 e. The second kappa shape index (κ2) is 7.59. The van der Waals surface area contributed by atoms with E-state index in [1.54, 1.807) is 12.1 Å². The van der Waals surface area contributed by atoms with Crippen LogP contribution in [-0.2, 0) is 4.79 Å². The third-order valence-corrected chi connectivity index (χ3v) is 3.90. The molecule has 0 aliphatic carbocycles. The van der Waals surface area contributed by atoms with Crippen molar-refractivity contribution in [2.24, 2.45) is 5.10 Å². The van der Waals surface area contributed by atoms with Crippen LogP contribution in [0.15, 0.2) is 44.7 Å². The lowest BCUT2D eigenvalue weighted by Crippen LogP contribution is -2.19. The summed E-state index contributed by atoms with van der Waals surface area (Å²) in [4.78, 5) is 22.6. The number of benzene rings is 1. The van der Waals surface area contributed by atoms with Gasteiger partial charge < -0.3 is 4.42 Å². The van der Waals surface area contributed by atoms with Crippen LogP contribution in [0, 0.1) is 24.0 Å². The molecule has 0 aliphatic heterocycles. The topological polar surface area (TPSA) is 97.7 Å². The van der Waals surface area contributed by atoms with Crippen LogP contribution in [0.4, 0.5) is 5.69 Å². The molecule has 120 valence electrons. The van der Waals surface area contributed by atoms with Gasteiger partial charge >= 0.3 is 0 Å². The Bertz CT molecular complexity index is 738. The van der Waals surface area contributed by atoms with Gasteiger partial charge in [-0.1, -0.05) is 0 Å². The fourth-order valence-corrected chi connectivity index (χ4v) is 2.49. The van der Waals surface area contributed by atoms with Crippen molar-refractivity contribution in [1.29, 1.82) is 0 Å². The van der Waals surface area contributed by atoms with Crippen LogP contribution in [-0.4, -0.2) is 22.8 Å². The molecule has 0 saturated carbocycles. The minimum atomic E-state index is -0.463. The first-order chi connectivity index (χ1) is 11.0. The molecule has 1 N–H and O–H groups in total. The van der Waals surface area contributed by atoms with Gasteiger partial charge in [0.15, 0.2) is 0 Å². The molecule has 0 radical (unpaired) electrons. The molecule has 0 spiro atoms. The van der Waals surface area contributed by atoms with Crippen molar-refractivity contribution in [1.82, 2.24) is 5.43 Å². The molecule has 0 atom stereocenters. The zero-order valence-electron chi connectivity index (χ0n) is 12.6. The third-order valence-electron chi connectivity index (χ3n) is 2.89. The minimum absolute atomic E-state index is 0.0224. The lowest BCUT2D eigenvalue weighted by Gasteiger charge is -2.00. The summed E-state index contributed by atoms with van der Waals surface area (Å²) < 4.78 is 5.35. The first kappa shape index (κ1) is 16.8. The Labute approximate surface area is 136 Å². The van der Waals surface area contributed by atoms with Gasteiger partial charge in [-0.25, -0.2) is 5.43 Å². The number of aryl methyl sites for hydroxylation is 2. The first-order valence-electron chi connectivity index (χ1n) is 6.72. The molecule has 1 aromatic carbocycles. The molecule has 7 nitrogen and oxygen atoms in total. The summed E-state index contributed by atoms with van der Waals surface area (Å²) in [5.74, 6) is 1.42. The van der Waals surface area contributed by atoms with Crippen molar-refractivity contribution in [3.63, 3.8) is 0 Å². The van der Waals surface area contributed by atoms with Crippen molar-refractivity contribution in [2.75, 3.05) is 5.75 Å². The molecule has 1 heterocycles. The van der Waals surface area contributed by atoms with Gasteiger partial charge in [-0.2, -0.15) is 5.10 Å². The number of amides is 1. The van der Waals surface area contributed by atoms with Crippen molar-refractivity contribution < 1.29 is 14.1 Å². The molecule has 1 aromatic heterocycles. The maximum absolute atomic E-state index is 11.7. The van der Waals surface area contributed by atoms with Crippen molar-refractivity contribution >= 4 is 29.6 Å². The summed E-state index contributed by atoms with van der Waals surface area (Å²) in [5, 5.41) is 14.4. The van der Waals surface area contributed by atoms with Crippen LogP contribution in [0.25, 0.3) is 0 Å². The molecule has 1 amide bonds. The van der Waals surface area contributed by atoms with Gasteiger partial charge in [-0.3, -0.25) is 14.9 Å². The van der Waals surface area contributed by atoms with Crippen LogP contribution >= 0.6 is 11.8 Å². The Balaban J connectivity index is 1.81. The number of hydrogen-bond acceptors (Lipinski definition) is 6. The average molecular weight is 333 g/mol. The number of nitro groups is 1. The number of non-ortho nitro benzene ring substituents is 1. The van der Waals surface area contributed by atoms with Crippen LogP contribution < -0.4 is 5.43 Å².